The predicted molar refractivity (Wildman–Crippen MR) is 96.4 cm³/mol. The quantitative estimate of drug-likeness (QED) is 0.683. The Hall–Kier alpha value is -2.48. The summed E-state index contributed by atoms with van der Waals surface area (Å²) < 4.78 is 1.04. The summed E-state index contributed by atoms with van der Waals surface area (Å²) in [5.74, 6) is -0.405. The van der Waals surface area contributed by atoms with Crippen LogP contribution < -0.4 is 16.0 Å². The average molecular weight is 360 g/mol. The Morgan fingerprint density at radius 2 is 2.24 bits per heavy atom. The lowest BCUT2D eigenvalue weighted by Crippen LogP contribution is -2.42. The zero-order valence-corrected chi connectivity index (χ0v) is 14.7. The first-order valence-corrected chi connectivity index (χ1v) is 9.07. The smallest absolute Gasteiger partial charge is 0.242 e. The molecular formula is C17H20N4O3S. The van der Waals surface area contributed by atoms with Gasteiger partial charge in [0.25, 0.3) is 0 Å². The molecule has 2 aromatic rings. The summed E-state index contributed by atoms with van der Waals surface area (Å²) in [6.45, 7) is 2.42. The molecule has 2 heterocycles. The number of benzene rings is 1. The van der Waals surface area contributed by atoms with E-state index in [9.17, 15) is 14.4 Å². The van der Waals surface area contributed by atoms with Crippen molar-refractivity contribution in [2.45, 2.75) is 38.6 Å². The third kappa shape index (κ3) is 4.54. The first-order valence-electron chi connectivity index (χ1n) is 8.25. The molecule has 3 rings (SSSR count). The van der Waals surface area contributed by atoms with Crippen molar-refractivity contribution < 1.29 is 14.4 Å². The van der Waals surface area contributed by atoms with Crippen molar-refractivity contribution in [2.24, 2.45) is 0 Å². The molecule has 0 aliphatic carbocycles. The lowest BCUT2D eigenvalue weighted by Gasteiger charge is -2.10. The van der Waals surface area contributed by atoms with Crippen LogP contribution in [0.3, 0.4) is 0 Å². The van der Waals surface area contributed by atoms with E-state index in [1.165, 1.54) is 11.3 Å². The van der Waals surface area contributed by atoms with E-state index in [0.29, 0.717) is 37.4 Å². The van der Waals surface area contributed by atoms with Gasteiger partial charge in [0.1, 0.15) is 6.04 Å². The van der Waals surface area contributed by atoms with Crippen LogP contribution in [0.5, 0.6) is 0 Å². The normalized spacial score (nSPS) is 16.7. The third-order valence-corrected chi connectivity index (χ3v) is 4.92. The minimum absolute atomic E-state index is 0.0921. The van der Waals surface area contributed by atoms with Crippen LogP contribution in [0.2, 0.25) is 0 Å². The highest BCUT2D eigenvalue weighted by Crippen LogP contribution is 2.26. The van der Waals surface area contributed by atoms with Crippen LogP contribution in [-0.4, -0.2) is 35.3 Å². The van der Waals surface area contributed by atoms with E-state index in [0.717, 1.165) is 15.8 Å². The summed E-state index contributed by atoms with van der Waals surface area (Å²) in [5, 5.41) is 8.75. The van der Waals surface area contributed by atoms with E-state index >= 15 is 0 Å². The number of thiazole rings is 1. The van der Waals surface area contributed by atoms with E-state index in [4.69, 9.17) is 0 Å². The number of rotatable bonds is 6. The first-order chi connectivity index (χ1) is 12.0. The fraction of sp³-hybridized carbons (Fsp3) is 0.412. The maximum absolute atomic E-state index is 12.0. The van der Waals surface area contributed by atoms with Crippen molar-refractivity contribution in [3.63, 3.8) is 0 Å². The van der Waals surface area contributed by atoms with E-state index in [2.05, 4.69) is 20.9 Å². The van der Waals surface area contributed by atoms with Gasteiger partial charge in [0, 0.05) is 19.4 Å². The third-order valence-electron chi connectivity index (χ3n) is 3.98. The standard InChI is InChI=1S/C17H20N4O3S/c1-10-4-5-11-13(9-10)25-17(20-11)21-14(22)3-2-8-18-16(24)12-6-7-15(23)19-12/h4-5,9,12H,2-3,6-8H2,1H3,(H,18,24)(H,19,23)(H,20,21,22)/t12-/m1/s1. The zero-order valence-electron chi connectivity index (χ0n) is 13.9. The molecule has 3 amide bonds. The lowest BCUT2D eigenvalue weighted by atomic mass is 10.2. The van der Waals surface area contributed by atoms with Gasteiger partial charge in [0.05, 0.1) is 10.2 Å². The van der Waals surface area contributed by atoms with Crippen LogP contribution >= 0.6 is 11.3 Å². The molecule has 0 bridgehead atoms. The highest BCUT2D eigenvalue weighted by Gasteiger charge is 2.26. The van der Waals surface area contributed by atoms with Gasteiger partial charge in [-0.25, -0.2) is 4.98 Å². The molecule has 7 nitrogen and oxygen atoms in total. The van der Waals surface area contributed by atoms with Crippen LogP contribution in [0.15, 0.2) is 18.2 Å². The molecule has 1 aliphatic heterocycles. The summed E-state index contributed by atoms with van der Waals surface area (Å²) in [6.07, 6.45) is 1.75. The number of carbonyl (C=O) groups is 3. The lowest BCUT2D eigenvalue weighted by molar-refractivity contribution is -0.125. The van der Waals surface area contributed by atoms with Crippen LogP contribution in [0.1, 0.15) is 31.2 Å². The molecule has 1 atom stereocenters. The Morgan fingerprint density at radius 1 is 1.40 bits per heavy atom. The Balaban J connectivity index is 1.40. The van der Waals surface area contributed by atoms with Crippen molar-refractivity contribution in [1.29, 1.82) is 0 Å². The Labute approximate surface area is 149 Å². The van der Waals surface area contributed by atoms with Gasteiger partial charge in [-0.05, 0) is 37.5 Å². The largest absolute Gasteiger partial charge is 0.354 e. The van der Waals surface area contributed by atoms with Gasteiger partial charge in [-0.15, -0.1) is 0 Å². The van der Waals surface area contributed by atoms with Crippen molar-refractivity contribution in [2.75, 3.05) is 11.9 Å². The second-order valence-corrected chi connectivity index (χ2v) is 7.12. The van der Waals surface area contributed by atoms with Crippen LogP contribution in [0.25, 0.3) is 10.2 Å². The highest BCUT2D eigenvalue weighted by atomic mass is 32.1. The molecule has 0 saturated carbocycles. The molecule has 1 aliphatic rings. The molecule has 25 heavy (non-hydrogen) atoms. The molecule has 1 fully saturated rings. The molecule has 1 aromatic carbocycles. The summed E-state index contributed by atoms with van der Waals surface area (Å²) in [4.78, 5) is 39.3. The number of nitrogens with zero attached hydrogens (tertiary/aromatic N) is 1. The van der Waals surface area contributed by atoms with E-state index < -0.39 is 6.04 Å². The summed E-state index contributed by atoms with van der Waals surface area (Å²) in [7, 11) is 0. The monoisotopic (exact) mass is 360 g/mol. The van der Waals surface area contributed by atoms with Gasteiger partial charge in [-0.1, -0.05) is 17.4 Å². The Bertz CT molecular complexity index is 817. The van der Waals surface area contributed by atoms with E-state index in [1.807, 2.05) is 25.1 Å². The van der Waals surface area contributed by atoms with Gasteiger partial charge in [0.15, 0.2) is 5.13 Å². The molecule has 0 spiro atoms. The van der Waals surface area contributed by atoms with Crippen LogP contribution in [-0.2, 0) is 14.4 Å². The summed E-state index contributed by atoms with van der Waals surface area (Å²) >= 11 is 1.45. The molecule has 0 unspecified atom stereocenters. The van der Waals surface area contributed by atoms with Gasteiger partial charge < -0.3 is 16.0 Å². The predicted octanol–water partition coefficient (Wildman–Crippen LogP) is 1.72. The maximum Gasteiger partial charge on any atom is 0.242 e. The Morgan fingerprint density at radius 3 is 3.00 bits per heavy atom. The fourth-order valence-electron chi connectivity index (χ4n) is 2.66. The summed E-state index contributed by atoms with van der Waals surface area (Å²) in [6, 6.07) is 5.53. The van der Waals surface area contributed by atoms with E-state index in [-0.39, 0.29) is 17.7 Å². The Kier molecular flexibility index (Phi) is 5.28. The molecule has 132 valence electrons. The van der Waals surface area contributed by atoms with Crippen molar-refractivity contribution in [1.82, 2.24) is 15.6 Å². The number of nitrogens with one attached hydrogen (secondary N) is 3. The van der Waals surface area contributed by atoms with Crippen molar-refractivity contribution in [3.05, 3.63) is 23.8 Å². The van der Waals surface area contributed by atoms with Crippen molar-refractivity contribution in [3.8, 4) is 0 Å². The maximum atomic E-state index is 12.0. The average Bonchev–Trinajstić information content (AvgIpc) is 3.16. The number of hydrogen-bond donors (Lipinski definition) is 3. The molecule has 3 N–H and O–H groups in total. The molecular weight excluding hydrogens is 340 g/mol. The van der Waals surface area contributed by atoms with Crippen LogP contribution in [0, 0.1) is 6.92 Å². The number of carbonyl (C=O) groups excluding carboxylic acids is 3. The van der Waals surface area contributed by atoms with Crippen molar-refractivity contribution >= 4 is 44.4 Å². The second kappa shape index (κ2) is 7.60. The highest BCUT2D eigenvalue weighted by molar-refractivity contribution is 7.22. The second-order valence-electron chi connectivity index (χ2n) is 6.09. The minimum atomic E-state index is -0.437. The number of aryl methyl sites for hydroxylation is 1. The number of anilines is 1. The van der Waals surface area contributed by atoms with E-state index in [1.54, 1.807) is 0 Å². The fourth-order valence-corrected chi connectivity index (χ4v) is 3.64. The topological polar surface area (TPSA) is 100 Å². The van der Waals surface area contributed by atoms with Gasteiger partial charge in [0.2, 0.25) is 17.7 Å². The van der Waals surface area contributed by atoms with Gasteiger partial charge in [-0.2, -0.15) is 0 Å². The SMILES string of the molecule is Cc1ccc2nc(NC(=O)CCCNC(=O)[C@H]3CCC(=O)N3)sc2c1. The first kappa shape index (κ1) is 17.3. The molecule has 1 saturated heterocycles. The number of fused-ring (bicyclic) bond motifs is 1. The zero-order chi connectivity index (χ0) is 17.8. The number of aromatic nitrogens is 1. The number of hydrogen-bond acceptors (Lipinski definition) is 5. The molecule has 0 radical (unpaired) electrons. The number of amides is 3. The van der Waals surface area contributed by atoms with Gasteiger partial charge in [-0.3, -0.25) is 14.4 Å². The molecule has 8 heteroatoms. The minimum Gasteiger partial charge on any atom is -0.354 e. The summed E-state index contributed by atoms with van der Waals surface area (Å²) in [5.41, 5.74) is 2.03. The van der Waals surface area contributed by atoms with Gasteiger partial charge >= 0.3 is 0 Å². The van der Waals surface area contributed by atoms with Crippen LogP contribution in [0.4, 0.5) is 5.13 Å². The molecule has 1 aromatic heterocycles.